The fourth-order valence-corrected chi connectivity index (χ4v) is 3.39. The molecule has 25 heavy (non-hydrogen) atoms. The van der Waals surface area contributed by atoms with Gasteiger partial charge in [0, 0.05) is 16.5 Å². The van der Waals surface area contributed by atoms with Crippen LogP contribution in [0.15, 0.2) is 95.2 Å². The molecule has 0 aromatic heterocycles. The van der Waals surface area contributed by atoms with E-state index in [9.17, 15) is 13.2 Å². The molecule has 0 aliphatic rings. The number of sulfone groups is 1. The van der Waals surface area contributed by atoms with E-state index < -0.39 is 9.84 Å². The number of carbonyl (C=O) groups is 1. The third kappa shape index (κ3) is 4.11. The Bertz CT molecular complexity index is 988. The Hall–Kier alpha value is -2.98. The van der Waals surface area contributed by atoms with Gasteiger partial charge in [-0.25, -0.2) is 8.42 Å². The van der Waals surface area contributed by atoms with Crippen molar-refractivity contribution in [2.75, 3.05) is 0 Å². The Balaban J connectivity index is 1.78. The molecule has 0 saturated heterocycles. The lowest BCUT2D eigenvalue weighted by molar-refractivity contribution is 0.103. The second kappa shape index (κ2) is 7.28. The molecule has 3 aromatic carbocycles. The van der Waals surface area contributed by atoms with Crippen LogP contribution in [-0.2, 0) is 9.84 Å². The molecule has 4 heteroatoms. The van der Waals surface area contributed by atoms with Gasteiger partial charge in [-0.3, -0.25) is 4.79 Å². The first kappa shape index (κ1) is 16.9. The first-order valence-electron chi connectivity index (χ1n) is 7.74. The van der Waals surface area contributed by atoms with Crippen LogP contribution in [0.2, 0.25) is 0 Å². The van der Waals surface area contributed by atoms with Crippen molar-refractivity contribution in [2.24, 2.45) is 0 Å². The minimum Gasteiger partial charge on any atom is -0.289 e. The van der Waals surface area contributed by atoms with Gasteiger partial charge in [-0.1, -0.05) is 72.8 Å². The summed E-state index contributed by atoms with van der Waals surface area (Å²) in [5, 5.41) is 1.18. The van der Waals surface area contributed by atoms with Crippen LogP contribution in [0.4, 0.5) is 0 Å². The van der Waals surface area contributed by atoms with Crippen LogP contribution in [0.25, 0.3) is 6.08 Å². The van der Waals surface area contributed by atoms with Gasteiger partial charge in [-0.15, -0.1) is 0 Å². The molecule has 0 unspecified atom stereocenters. The Morgan fingerprint density at radius 3 is 1.80 bits per heavy atom. The second-order valence-corrected chi connectivity index (χ2v) is 7.31. The number of hydrogen-bond donors (Lipinski definition) is 0. The summed E-state index contributed by atoms with van der Waals surface area (Å²) < 4.78 is 24.4. The molecule has 0 radical (unpaired) electrons. The molecule has 124 valence electrons. The van der Waals surface area contributed by atoms with Crippen molar-refractivity contribution in [3.8, 4) is 0 Å². The third-order valence-electron chi connectivity index (χ3n) is 3.72. The molecule has 0 bridgehead atoms. The molecule has 0 N–H and O–H groups in total. The second-order valence-electron chi connectivity index (χ2n) is 5.48. The number of benzene rings is 3. The molecule has 0 saturated carbocycles. The van der Waals surface area contributed by atoms with E-state index in [2.05, 4.69) is 0 Å². The molecule has 0 aliphatic carbocycles. The van der Waals surface area contributed by atoms with Crippen LogP contribution in [0.1, 0.15) is 21.5 Å². The van der Waals surface area contributed by atoms with Gasteiger partial charge in [-0.05, 0) is 23.8 Å². The SMILES string of the molecule is O=C(c1ccccc1)c1ccc(C=CS(=O)(=O)c2ccccc2)cc1. The number of carbonyl (C=O) groups excluding carboxylic acids is 1. The summed E-state index contributed by atoms with van der Waals surface area (Å²) in [5.74, 6) is -0.0620. The number of rotatable bonds is 5. The van der Waals surface area contributed by atoms with E-state index in [0.29, 0.717) is 16.7 Å². The van der Waals surface area contributed by atoms with E-state index in [1.807, 2.05) is 18.2 Å². The zero-order chi connectivity index (χ0) is 17.7. The van der Waals surface area contributed by atoms with Crippen LogP contribution >= 0.6 is 0 Å². The highest BCUT2D eigenvalue weighted by Gasteiger charge is 2.10. The number of ketones is 1. The lowest BCUT2D eigenvalue weighted by atomic mass is 10.0. The van der Waals surface area contributed by atoms with Crippen molar-refractivity contribution in [2.45, 2.75) is 4.90 Å². The normalized spacial score (nSPS) is 11.5. The first-order chi connectivity index (χ1) is 12.1. The smallest absolute Gasteiger partial charge is 0.199 e. The summed E-state index contributed by atoms with van der Waals surface area (Å²) in [6, 6.07) is 24.1. The zero-order valence-corrected chi connectivity index (χ0v) is 14.2. The topological polar surface area (TPSA) is 51.2 Å². The molecule has 3 aromatic rings. The Morgan fingerprint density at radius 2 is 1.20 bits per heavy atom. The van der Waals surface area contributed by atoms with Gasteiger partial charge in [0.05, 0.1) is 4.90 Å². The van der Waals surface area contributed by atoms with Crippen LogP contribution < -0.4 is 0 Å². The summed E-state index contributed by atoms with van der Waals surface area (Å²) in [6.45, 7) is 0. The molecule has 0 heterocycles. The van der Waals surface area contributed by atoms with Gasteiger partial charge >= 0.3 is 0 Å². The van der Waals surface area contributed by atoms with E-state index in [0.717, 1.165) is 0 Å². The predicted octanol–water partition coefficient (Wildman–Crippen LogP) is 4.36. The van der Waals surface area contributed by atoms with Gasteiger partial charge in [0.2, 0.25) is 0 Å². The van der Waals surface area contributed by atoms with Gasteiger partial charge in [0.15, 0.2) is 15.6 Å². The van der Waals surface area contributed by atoms with Crippen molar-refractivity contribution < 1.29 is 13.2 Å². The van der Waals surface area contributed by atoms with Crippen LogP contribution in [0, 0.1) is 0 Å². The number of hydrogen-bond acceptors (Lipinski definition) is 3. The molecule has 0 amide bonds. The van der Waals surface area contributed by atoms with Gasteiger partial charge in [-0.2, -0.15) is 0 Å². The summed E-state index contributed by atoms with van der Waals surface area (Å²) in [5.41, 5.74) is 1.90. The maximum absolute atomic E-state index is 12.3. The molecule has 0 aliphatic heterocycles. The molecule has 3 rings (SSSR count). The van der Waals surface area contributed by atoms with E-state index in [1.54, 1.807) is 66.7 Å². The Labute approximate surface area is 147 Å². The highest BCUT2D eigenvalue weighted by Crippen LogP contribution is 2.15. The highest BCUT2D eigenvalue weighted by atomic mass is 32.2. The fourth-order valence-electron chi connectivity index (χ4n) is 2.36. The van der Waals surface area contributed by atoms with E-state index >= 15 is 0 Å². The standard InChI is InChI=1S/C21H16O3S/c22-21(18-7-3-1-4-8-18)19-13-11-17(12-14-19)15-16-25(23,24)20-9-5-2-6-10-20/h1-16H. The van der Waals surface area contributed by atoms with Crippen LogP contribution in [0.3, 0.4) is 0 Å². The summed E-state index contributed by atoms with van der Waals surface area (Å²) in [6.07, 6.45) is 1.53. The zero-order valence-electron chi connectivity index (χ0n) is 13.4. The minimum atomic E-state index is -3.48. The van der Waals surface area contributed by atoms with Crippen LogP contribution in [0.5, 0.6) is 0 Å². The first-order valence-corrected chi connectivity index (χ1v) is 9.29. The molecule has 0 spiro atoms. The predicted molar refractivity (Wildman–Crippen MR) is 99.0 cm³/mol. The maximum atomic E-state index is 12.3. The van der Waals surface area contributed by atoms with Crippen molar-refractivity contribution >= 4 is 21.7 Å². The minimum absolute atomic E-state index is 0.0620. The molecule has 0 atom stereocenters. The van der Waals surface area contributed by atoms with Crippen molar-refractivity contribution in [1.29, 1.82) is 0 Å². The lowest BCUT2D eigenvalue weighted by Crippen LogP contribution is -2.00. The highest BCUT2D eigenvalue weighted by molar-refractivity contribution is 7.94. The third-order valence-corrected chi connectivity index (χ3v) is 5.14. The van der Waals surface area contributed by atoms with Crippen molar-refractivity contribution in [3.05, 3.63) is 107 Å². The monoisotopic (exact) mass is 348 g/mol. The lowest BCUT2D eigenvalue weighted by Gasteiger charge is -2.02. The van der Waals surface area contributed by atoms with Gasteiger partial charge in [0.25, 0.3) is 0 Å². The Kier molecular flexibility index (Phi) is 4.91. The summed E-state index contributed by atoms with van der Waals surface area (Å²) in [7, 11) is -3.48. The average Bonchev–Trinajstić information content (AvgIpc) is 2.68. The maximum Gasteiger partial charge on any atom is 0.199 e. The van der Waals surface area contributed by atoms with Crippen molar-refractivity contribution in [3.63, 3.8) is 0 Å². The average molecular weight is 348 g/mol. The molecular weight excluding hydrogens is 332 g/mol. The molecule has 3 nitrogen and oxygen atoms in total. The molecule has 0 fully saturated rings. The largest absolute Gasteiger partial charge is 0.289 e. The van der Waals surface area contributed by atoms with E-state index in [-0.39, 0.29) is 10.7 Å². The quantitative estimate of drug-likeness (QED) is 0.644. The fraction of sp³-hybridized carbons (Fsp3) is 0. The van der Waals surface area contributed by atoms with Gasteiger partial charge in [0.1, 0.15) is 0 Å². The summed E-state index contributed by atoms with van der Waals surface area (Å²) >= 11 is 0. The van der Waals surface area contributed by atoms with E-state index in [4.69, 9.17) is 0 Å². The van der Waals surface area contributed by atoms with E-state index in [1.165, 1.54) is 11.5 Å². The van der Waals surface area contributed by atoms with Gasteiger partial charge < -0.3 is 0 Å². The summed E-state index contributed by atoms with van der Waals surface area (Å²) in [4.78, 5) is 12.6. The molecular formula is C21H16O3S. The van der Waals surface area contributed by atoms with Crippen molar-refractivity contribution in [1.82, 2.24) is 0 Å². The Morgan fingerprint density at radius 1 is 0.680 bits per heavy atom. The van der Waals surface area contributed by atoms with Crippen LogP contribution in [-0.4, -0.2) is 14.2 Å².